The molecule has 1 aromatic carbocycles. The molecule has 1 aromatic rings. The minimum Gasteiger partial charge on any atom is -0.351 e. The number of sulfone groups is 1. The minimum atomic E-state index is -4.88. The van der Waals surface area contributed by atoms with Gasteiger partial charge in [-0.3, -0.25) is 9.80 Å². The van der Waals surface area contributed by atoms with E-state index in [1.54, 1.807) is 6.92 Å². The molecule has 0 saturated heterocycles. The number of nitrogens with one attached hydrogen (secondary N) is 1. The van der Waals surface area contributed by atoms with E-state index in [1.165, 1.54) is 24.3 Å². The monoisotopic (exact) mass is 603 g/mol. The van der Waals surface area contributed by atoms with Gasteiger partial charge in [0, 0.05) is 25.8 Å². The van der Waals surface area contributed by atoms with E-state index in [0.29, 0.717) is 31.7 Å². The molecular formula is C25H32ClF6N3O3S. The molecule has 1 aliphatic heterocycles. The Morgan fingerprint density at radius 3 is 2.28 bits per heavy atom. The first-order valence-corrected chi connectivity index (χ1v) is 15.0. The molecule has 1 N–H and O–H groups in total. The zero-order valence-electron chi connectivity index (χ0n) is 21.8. The zero-order chi connectivity index (χ0) is 29.4. The SMILES string of the molecule is CCN1N=C(C(=O)NC[C@H]2CC[C@H](S(C)(=O)=O)CC2)C(C)(Cl)C1c1ccc(CCC(F)(F)F)cc1C(F)(F)F. The average molecular weight is 604 g/mol. The summed E-state index contributed by atoms with van der Waals surface area (Å²) in [5, 5.41) is 7.87. The largest absolute Gasteiger partial charge is 0.416 e. The Balaban J connectivity index is 1.80. The Labute approximate surface area is 229 Å². The number of hydrogen-bond donors (Lipinski definition) is 1. The molecule has 1 aliphatic carbocycles. The molecule has 220 valence electrons. The van der Waals surface area contributed by atoms with Gasteiger partial charge in [0.15, 0.2) is 0 Å². The Morgan fingerprint density at radius 2 is 1.77 bits per heavy atom. The Bertz CT molecular complexity index is 1190. The van der Waals surface area contributed by atoms with Gasteiger partial charge in [-0.15, -0.1) is 11.6 Å². The molecule has 39 heavy (non-hydrogen) atoms. The van der Waals surface area contributed by atoms with Crippen molar-refractivity contribution in [3.8, 4) is 0 Å². The lowest BCUT2D eigenvalue weighted by atomic mass is 9.86. The molecule has 2 atom stereocenters. The molecule has 3 rings (SSSR count). The van der Waals surface area contributed by atoms with E-state index in [9.17, 15) is 39.6 Å². The van der Waals surface area contributed by atoms with E-state index in [-0.39, 0.29) is 35.8 Å². The molecule has 0 spiro atoms. The number of nitrogens with zero attached hydrogens (tertiary/aromatic N) is 2. The number of carbonyl (C=O) groups excluding carboxylic acids is 1. The highest BCUT2D eigenvalue weighted by Crippen LogP contribution is 2.47. The first kappa shape index (κ1) is 31.5. The molecule has 0 aromatic heterocycles. The Kier molecular flexibility index (Phi) is 9.26. The predicted octanol–water partition coefficient (Wildman–Crippen LogP) is 5.65. The van der Waals surface area contributed by atoms with Crippen LogP contribution in [0.2, 0.25) is 0 Å². The van der Waals surface area contributed by atoms with Crippen LogP contribution < -0.4 is 5.32 Å². The molecule has 1 fully saturated rings. The number of carbonyl (C=O) groups is 1. The van der Waals surface area contributed by atoms with Gasteiger partial charge in [-0.2, -0.15) is 31.4 Å². The zero-order valence-corrected chi connectivity index (χ0v) is 23.4. The van der Waals surface area contributed by atoms with Crippen molar-refractivity contribution in [3.63, 3.8) is 0 Å². The van der Waals surface area contributed by atoms with E-state index >= 15 is 0 Å². The van der Waals surface area contributed by atoms with Gasteiger partial charge < -0.3 is 5.32 Å². The topological polar surface area (TPSA) is 78.8 Å². The second-order valence-corrected chi connectivity index (χ2v) is 13.5. The summed E-state index contributed by atoms with van der Waals surface area (Å²) in [6.45, 7) is 3.38. The fourth-order valence-electron chi connectivity index (χ4n) is 5.28. The lowest BCUT2D eigenvalue weighted by Gasteiger charge is -2.33. The normalized spacial score (nSPS) is 26.5. The van der Waals surface area contributed by atoms with Gasteiger partial charge in [-0.1, -0.05) is 12.1 Å². The molecule has 1 amide bonds. The highest BCUT2D eigenvalue weighted by Gasteiger charge is 2.52. The fourth-order valence-corrected chi connectivity index (χ4v) is 6.76. The van der Waals surface area contributed by atoms with Gasteiger partial charge in [0.1, 0.15) is 20.4 Å². The van der Waals surface area contributed by atoms with Gasteiger partial charge >= 0.3 is 12.4 Å². The van der Waals surface area contributed by atoms with Crippen molar-refractivity contribution in [1.82, 2.24) is 10.3 Å². The second-order valence-electron chi connectivity index (χ2n) is 10.4. The molecule has 0 radical (unpaired) electrons. The molecule has 1 saturated carbocycles. The third-order valence-corrected chi connectivity index (χ3v) is 9.48. The maximum absolute atomic E-state index is 14.1. The summed E-state index contributed by atoms with van der Waals surface area (Å²) in [5.74, 6) is -0.608. The van der Waals surface area contributed by atoms with Crippen LogP contribution in [0.4, 0.5) is 26.3 Å². The maximum atomic E-state index is 14.1. The van der Waals surface area contributed by atoms with Crippen LogP contribution in [0.5, 0.6) is 0 Å². The minimum absolute atomic E-state index is 0.0367. The molecule has 2 aliphatic rings. The number of rotatable bonds is 8. The van der Waals surface area contributed by atoms with Crippen LogP contribution in [0.15, 0.2) is 23.3 Å². The van der Waals surface area contributed by atoms with Crippen molar-refractivity contribution in [2.75, 3.05) is 19.3 Å². The summed E-state index contributed by atoms with van der Waals surface area (Å²) in [5.41, 5.74) is -1.71. The van der Waals surface area contributed by atoms with Crippen molar-refractivity contribution in [2.24, 2.45) is 11.0 Å². The molecule has 6 nitrogen and oxygen atoms in total. The summed E-state index contributed by atoms with van der Waals surface area (Å²) in [7, 11) is -3.14. The third kappa shape index (κ3) is 7.59. The van der Waals surface area contributed by atoms with E-state index in [0.717, 1.165) is 6.07 Å². The molecule has 14 heteroatoms. The number of amides is 1. The molecule has 0 bridgehead atoms. The first-order chi connectivity index (χ1) is 17.8. The van der Waals surface area contributed by atoms with Crippen molar-refractivity contribution in [3.05, 3.63) is 34.9 Å². The van der Waals surface area contributed by atoms with Crippen LogP contribution in [0.3, 0.4) is 0 Å². The van der Waals surface area contributed by atoms with E-state index in [4.69, 9.17) is 11.6 Å². The third-order valence-electron chi connectivity index (χ3n) is 7.41. The van der Waals surface area contributed by atoms with Crippen LogP contribution in [-0.2, 0) is 27.2 Å². The van der Waals surface area contributed by atoms with E-state index in [1.807, 2.05) is 0 Å². The smallest absolute Gasteiger partial charge is 0.351 e. The van der Waals surface area contributed by atoms with Crippen LogP contribution >= 0.6 is 11.6 Å². The van der Waals surface area contributed by atoms with Crippen LogP contribution in [0, 0.1) is 5.92 Å². The number of hydrazone groups is 1. The van der Waals surface area contributed by atoms with Crippen LogP contribution in [0.1, 0.15) is 68.7 Å². The lowest BCUT2D eigenvalue weighted by molar-refractivity contribution is -0.138. The standard InChI is InChI=1S/C25H32ClF6N3O3S/c1-4-35-21(18-10-7-15(11-12-24(27,28)29)13-19(18)25(30,31)32)23(2,26)20(34-35)22(36)33-14-16-5-8-17(9-6-16)39(3,37)38/h7,10,13,16-17,21H,4-6,8-9,11-12,14H2,1-3H3,(H,33,36)/t16-,17-,21?,23?. The van der Waals surface area contributed by atoms with Gasteiger partial charge in [0.25, 0.3) is 5.91 Å². The van der Waals surface area contributed by atoms with Crippen molar-refractivity contribution in [2.45, 2.75) is 80.9 Å². The summed E-state index contributed by atoms with van der Waals surface area (Å²) >= 11 is 6.76. The highest BCUT2D eigenvalue weighted by molar-refractivity contribution is 7.91. The number of alkyl halides is 7. The predicted molar refractivity (Wildman–Crippen MR) is 136 cm³/mol. The Hall–Kier alpha value is -2.02. The summed E-state index contributed by atoms with van der Waals surface area (Å²) in [6.07, 6.45) is -7.89. The Morgan fingerprint density at radius 1 is 1.15 bits per heavy atom. The maximum Gasteiger partial charge on any atom is 0.416 e. The van der Waals surface area contributed by atoms with Crippen molar-refractivity contribution in [1.29, 1.82) is 0 Å². The quantitative estimate of drug-likeness (QED) is 0.308. The van der Waals surface area contributed by atoms with Crippen LogP contribution in [-0.4, -0.2) is 60.7 Å². The van der Waals surface area contributed by atoms with Gasteiger partial charge in [-0.05, 0) is 69.1 Å². The van der Waals surface area contributed by atoms with E-state index in [2.05, 4.69) is 10.4 Å². The number of aryl methyl sites for hydroxylation is 1. The number of hydrogen-bond acceptors (Lipinski definition) is 5. The molecule has 2 unspecified atom stereocenters. The summed E-state index contributed by atoms with van der Waals surface area (Å²) < 4.78 is 104. The highest BCUT2D eigenvalue weighted by atomic mass is 35.5. The molecular weight excluding hydrogens is 572 g/mol. The molecule has 1 heterocycles. The van der Waals surface area contributed by atoms with Gasteiger partial charge in [-0.25, -0.2) is 8.42 Å². The first-order valence-electron chi connectivity index (χ1n) is 12.6. The lowest BCUT2D eigenvalue weighted by Crippen LogP contribution is -2.45. The summed E-state index contributed by atoms with van der Waals surface area (Å²) in [4.78, 5) is 11.4. The van der Waals surface area contributed by atoms with Crippen molar-refractivity contribution >= 4 is 33.1 Å². The fraction of sp³-hybridized carbons (Fsp3) is 0.680. The van der Waals surface area contributed by atoms with Crippen molar-refractivity contribution < 1.29 is 39.6 Å². The second kappa shape index (κ2) is 11.5. The summed E-state index contributed by atoms with van der Waals surface area (Å²) in [6, 6.07) is 1.82. The number of halogens is 7. The van der Waals surface area contributed by atoms with E-state index < -0.39 is 62.7 Å². The average Bonchev–Trinajstić information content (AvgIpc) is 3.09. The van der Waals surface area contributed by atoms with Gasteiger partial charge in [0.2, 0.25) is 0 Å². The van der Waals surface area contributed by atoms with Crippen LogP contribution in [0.25, 0.3) is 0 Å². The number of benzene rings is 1. The van der Waals surface area contributed by atoms with Gasteiger partial charge in [0.05, 0.1) is 16.9 Å².